The Bertz CT molecular complexity index is 371. The lowest BCUT2D eigenvalue weighted by Crippen LogP contribution is -2.53. The second-order valence-corrected chi connectivity index (χ2v) is 4.26. The van der Waals surface area contributed by atoms with Gasteiger partial charge in [-0.1, -0.05) is 6.92 Å². The van der Waals surface area contributed by atoms with E-state index in [9.17, 15) is 18.0 Å². The summed E-state index contributed by atoms with van der Waals surface area (Å²) in [6.07, 6.45) is -2.67. The summed E-state index contributed by atoms with van der Waals surface area (Å²) in [6.45, 7) is 1.00. The smallest absolute Gasteiger partial charge is 0.341 e. The standard InChI is InChI=1S/C6H9O8S/c1-2-6(5(10)11,15(12,13)14)3(7)4(8)9/h7H,2H2,1H3,(H,8,9)(H,10,11)(H,12,13,14). The fourth-order valence-corrected chi connectivity index (χ4v) is 1.92. The number of aliphatic hydroxyl groups is 1. The molecule has 0 aromatic carbocycles. The van der Waals surface area contributed by atoms with Gasteiger partial charge < -0.3 is 15.3 Å². The molecule has 0 bridgehead atoms. The second-order valence-electron chi connectivity index (χ2n) is 2.61. The van der Waals surface area contributed by atoms with Crippen LogP contribution in [0.25, 0.3) is 0 Å². The zero-order chi connectivity index (χ0) is 12.4. The van der Waals surface area contributed by atoms with E-state index in [0.717, 1.165) is 6.92 Å². The van der Waals surface area contributed by atoms with Crippen molar-refractivity contribution < 1.29 is 37.9 Å². The quantitative estimate of drug-likeness (QED) is 0.452. The number of carbonyl (C=O) groups is 2. The van der Waals surface area contributed by atoms with Crippen LogP contribution in [0.3, 0.4) is 0 Å². The highest BCUT2D eigenvalue weighted by molar-refractivity contribution is 7.88. The Hall–Kier alpha value is -1.19. The lowest BCUT2D eigenvalue weighted by Gasteiger charge is -2.25. The van der Waals surface area contributed by atoms with E-state index in [0.29, 0.717) is 0 Å². The van der Waals surface area contributed by atoms with Crippen LogP contribution in [0.4, 0.5) is 0 Å². The maximum atomic E-state index is 10.8. The number of aliphatic hydroxyl groups excluding tert-OH is 1. The van der Waals surface area contributed by atoms with Gasteiger partial charge in [-0.3, -0.25) is 9.35 Å². The predicted molar refractivity (Wildman–Crippen MR) is 45.0 cm³/mol. The fourth-order valence-electron chi connectivity index (χ4n) is 1.01. The molecule has 1 unspecified atom stereocenters. The van der Waals surface area contributed by atoms with Crippen molar-refractivity contribution in [3.8, 4) is 0 Å². The maximum Gasteiger partial charge on any atom is 0.341 e. The van der Waals surface area contributed by atoms with E-state index in [1.165, 1.54) is 0 Å². The molecule has 0 rings (SSSR count). The number of hydrogen-bond donors (Lipinski definition) is 4. The summed E-state index contributed by atoms with van der Waals surface area (Å²) in [4.78, 5) is 21.0. The van der Waals surface area contributed by atoms with E-state index < -0.39 is 39.3 Å². The molecule has 4 N–H and O–H groups in total. The lowest BCUT2D eigenvalue weighted by molar-refractivity contribution is -0.149. The molecule has 9 heteroatoms. The first-order valence-electron chi connectivity index (χ1n) is 3.61. The summed E-state index contributed by atoms with van der Waals surface area (Å²) in [7, 11) is -5.29. The van der Waals surface area contributed by atoms with Crippen LogP contribution < -0.4 is 0 Å². The molecule has 0 fully saturated rings. The van der Waals surface area contributed by atoms with Crippen molar-refractivity contribution in [3.63, 3.8) is 0 Å². The number of rotatable bonds is 5. The molecule has 0 saturated heterocycles. The van der Waals surface area contributed by atoms with Gasteiger partial charge in [0.15, 0.2) is 0 Å². The average Bonchev–Trinajstić information content (AvgIpc) is 2.02. The highest BCUT2D eigenvalue weighted by atomic mass is 32.2. The molecule has 0 aromatic heterocycles. The molecule has 0 aliphatic heterocycles. The fraction of sp³-hybridized carbons (Fsp3) is 0.500. The summed E-state index contributed by atoms with van der Waals surface area (Å²) >= 11 is 0. The van der Waals surface area contributed by atoms with Gasteiger partial charge in [0.1, 0.15) is 0 Å². The highest BCUT2D eigenvalue weighted by Crippen LogP contribution is 2.30. The van der Waals surface area contributed by atoms with Crippen molar-refractivity contribution >= 4 is 22.1 Å². The van der Waals surface area contributed by atoms with Crippen LogP contribution in [-0.2, 0) is 19.7 Å². The number of carboxylic acid groups (broad SMARTS) is 2. The normalized spacial score (nSPS) is 16.0. The molecule has 0 aliphatic rings. The summed E-state index contributed by atoms with van der Waals surface area (Å²) < 4.78 is 27.0. The van der Waals surface area contributed by atoms with Gasteiger partial charge in [0.25, 0.3) is 10.1 Å². The van der Waals surface area contributed by atoms with E-state index >= 15 is 0 Å². The van der Waals surface area contributed by atoms with Crippen molar-refractivity contribution in [1.82, 2.24) is 0 Å². The van der Waals surface area contributed by atoms with Gasteiger partial charge in [0.2, 0.25) is 10.9 Å². The van der Waals surface area contributed by atoms with Gasteiger partial charge in [-0.05, 0) is 6.42 Å². The van der Waals surface area contributed by atoms with E-state index in [4.69, 9.17) is 19.9 Å². The molecular formula is C6H9O8S. The molecule has 1 atom stereocenters. The van der Waals surface area contributed by atoms with Crippen molar-refractivity contribution in [2.75, 3.05) is 0 Å². The Kier molecular flexibility index (Phi) is 3.80. The number of hydrogen-bond acceptors (Lipinski definition) is 5. The largest absolute Gasteiger partial charge is 0.480 e. The third kappa shape index (κ3) is 2.08. The summed E-state index contributed by atoms with van der Waals surface area (Å²) in [5.74, 6) is -4.29. The first kappa shape index (κ1) is 13.8. The van der Waals surface area contributed by atoms with Gasteiger partial charge in [-0.2, -0.15) is 8.42 Å². The second kappa shape index (κ2) is 4.13. The van der Waals surface area contributed by atoms with Gasteiger partial charge in [0.05, 0.1) is 0 Å². The average molecular weight is 241 g/mol. The summed E-state index contributed by atoms with van der Waals surface area (Å²) in [6, 6.07) is 0. The maximum absolute atomic E-state index is 10.8. The van der Waals surface area contributed by atoms with Crippen LogP contribution in [0.15, 0.2) is 0 Å². The summed E-state index contributed by atoms with van der Waals surface area (Å²) in [5.41, 5.74) is 0. The van der Waals surface area contributed by atoms with E-state index in [2.05, 4.69) is 0 Å². The van der Waals surface area contributed by atoms with E-state index in [1.807, 2.05) is 0 Å². The van der Waals surface area contributed by atoms with Gasteiger partial charge in [-0.25, -0.2) is 4.79 Å². The Morgan fingerprint density at radius 1 is 1.20 bits per heavy atom. The van der Waals surface area contributed by atoms with Crippen LogP contribution in [0.1, 0.15) is 13.3 Å². The molecule has 0 spiro atoms. The van der Waals surface area contributed by atoms with Crippen molar-refractivity contribution in [3.05, 3.63) is 6.10 Å². The molecule has 0 aliphatic carbocycles. The minimum atomic E-state index is -5.29. The molecule has 8 nitrogen and oxygen atoms in total. The molecule has 1 radical (unpaired) electrons. The predicted octanol–water partition coefficient (Wildman–Crippen LogP) is -0.903. The number of aliphatic carboxylic acids is 2. The number of carboxylic acids is 2. The minimum Gasteiger partial charge on any atom is -0.480 e. The first-order chi connectivity index (χ1) is 6.61. The molecule has 0 amide bonds. The lowest BCUT2D eigenvalue weighted by atomic mass is 9.98. The molecule has 15 heavy (non-hydrogen) atoms. The zero-order valence-electron chi connectivity index (χ0n) is 7.54. The van der Waals surface area contributed by atoms with Crippen LogP contribution in [0.5, 0.6) is 0 Å². The minimum absolute atomic E-state index is 0.820. The molecular weight excluding hydrogens is 232 g/mol. The Labute approximate surface area is 84.9 Å². The van der Waals surface area contributed by atoms with Crippen LogP contribution in [0.2, 0.25) is 0 Å². The summed E-state index contributed by atoms with van der Waals surface area (Å²) in [5, 5.41) is 25.9. The topological polar surface area (TPSA) is 149 Å². The Morgan fingerprint density at radius 2 is 1.60 bits per heavy atom. The van der Waals surface area contributed by atoms with E-state index in [-0.39, 0.29) is 0 Å². The molecule has 87 valence electrons. The van der Waals surface area contributed by atoms with Crippen molar-refractivity contribution in [2.24, 2.45) is 0 Å². The SMILES string of the molecule is CCC([C](O)C(=O)O)(C(=O)O)S(=O)(=O)O. The first-order valence-corrected chi connectivity index (χ1v) is 5.05. The van der Waals surface area contributed by atoms with Gasteiger partial charge >= 0.3 is 11.9 Å². The van der Waals surface area contributed by atoms with Crippen molar-refractivity contribution in [2.45, 2.75) is 18.1 Å². The van der Waals surface area contributed by atoms with Crippen LogP contribution in [0, 0.1) is 6.10 Å². The monoisotopic (exact) mass is 241 g/mol. The molecule has 0 aromatic rings. The van der Waals surface area contributed by atoms with E-state index in [1.54, 1.807) is 0 Å². The zero-order valence-corrected chi connectivity index (χ0v) is 8.35. The Morgan fingerprint density at radius 3 is 1.67 bits per heavy atom. The molecule has 0 saturated carbocycles. The van der Waals surface area contributed by atoms with Crippen LogP contribution >= 0.6 is 0 Å². The van der Waals surface area contributed by atoms with Gasteiger partial charge in [-0.15, -0.1) is 0 Å². The third-order valence-corrected chi connectivity index (χ3v) is 3.41. The van der Waals surface area contributed by atoms with Crippen molar-refractivity contribution in [1.29, 1.82) is 0 Å². The third-order valence-electron chi connectivity index (χ3n) is 1.87. The Balaban J connectivity index is 5.79. The van der Waals surface area contributed by atoms with Crippen LogP contribution in [-0.4, -0.2) is 45.0 Å². The highest BCUT2D eigenvalue weighted by Gasteiger charge is 2.59. The molecule has 0 heterocycles. The van der Waals surface area contributed by atoms with Gasteiger partial charge in [0, 0.05) is 0 Å².